The summed E-state index contributed by atoms with van der Waals surface area (Å²) in [5, 5.41) is 14.3. The number of aryl methyl sites for hydroxylation is 1. The van der Waals surface area contributed by atoms with Crippen molar-refractivity contribution in [1.82, 2.24) is 25.1 Å². The van der Waals surface area contributed by atoms with E-state index in [1.807, 2.05) is 29.1 Å². The molecule has 30 heavy (non-hydrogen) atoms. The highest BCUT2D eigenvalue weighted by atomic mass is 32.2. The van der Waals surface area contributed by atoms with Crippen molar-refractivity contribution in [1.29, 1.82) is 0 Å². The molecule has 0 saturated carbocycles. The zero-order valence-corrected chi connectivity index (χ0v) is 17.8. The molecule has 154 valence electrons. The number of carbonyl (C=O) groups excluding carboxylic acids is 1. The number of rotatable bonds is 9. The average molecular weight is 442 g/mol. The average Bonchev–Trinajstić information content (AvgIpc) is 3.52. The summed E-state index contributed by atoms with van der Waals surface area (Å²) in [6.45, 7) is 0.896. The van der Waals surface area contributed by atoms with Crippen LogP contribution in [-0.2, 0) is 13.7 Å². The van der Waals surface area contributed by atoms with Crippen LogP contribution in [0.2, 0.25) is 0 Å². The van der Waals surface area contributed by atoms with Gasteiger partial charge in [-0.1, -0.05) is 11.8 Å². The summed E-state index contributed by atoms with van der Waals surface area (Å²) in [6, 6.07) is 10.8. The third-order valence-corrected chi connectivity index (χ3v) is 5.95. The van der Waals surface area contributed by atoms with E-state index < -0.39 is 0 Å². The zero-order valence-electron chi connectivity index (χ0n) is 16.1. The molecular weight excluding hydrogens is 422 g/mol. The number of thioether (sulfide) groups is 1. The predicted molar refractivity (Wildman–Crippen MR) is 115 cm³/mol. The SMILES string of the molecule is Cn1cnnc1SCCNC(=O)c1ccc(OCc2nc(-c3ccco3)cs2)cc1. The van der Waals surface area contributed by atoms with Gasteiger partial charge in [0.1, 0.15) is 29.4 Å². The molecule has 0 bridgehead atoms. The Balaban J connectivity index is 1.22. The molecule has 3 aromatic heterocycles. The predicted octanol–water partition coefficient (Wildman–Crippen LogP) is 3.63. The molecule has 0 fully saturated rings. The highest BCUT2D eigenvalue weighted by Gasteiger charge is 2.09. The van der Waals surface area contributed by atoms with Crippen LogP contribution in [0.25, 0.3) is 11.5 Å². The second-order valence-corrected chi connectivity index (χ2v) is 8.25. The first-order valence-corrected chi connectivity index (χ1v) is 11.0. The molecule has 0 unspecified atom stereocenters. The van der Waals surface area contributed by atoms with Crippen LogP contribution in [0.3, 0.4) is 0 Å². The lowest BCUT2D eigenvalue weighted by Gasteiger charge is -2.07. The van der Waals surface area contributed by atoms with Gasteiger partial charge in [-0.25, -0.2) is 4.98 Å². The molecule has 1 amide bonds. The van der Waals surface area contributed by atoms with E-state index in [9.17, 15) is 4.79 Å². The van der Waals surface area contributed by atoms with Crippen molar-refractivity contribution in [3.8, 4) is 17.2 Å². The summed E-state index contributed by atoms with van der Waals surface area (Å²) in [4.78, 5) is 16.8. The van der Waals surface area contributed by atoms with E-state index in [2.05, 4.69) is 20.5 Å². The quantitative estimate of drug-likeness (QED) is 0.313. The van der Waals surface area contributed by atoms with Crippen LogP contribution in [0.5, 0.6) is 5.75 Å². The van der Waals surface area contributed by atoms with Crippen molar-refractivity contribution in [2.24, 2.45) is 7.05 Å². The van der Waals surface area contributed by atoms with Gasteiger partial charge in [0.05, 0.1) is 6.26 Å². The van der Waals surface area contributed by atoms with E-state index in [0.29, 0.717) is 30.2 Å². The largest absolute Gasteiger partial charge is 0.486 e. The molecule has 0 saturated heterocycles. The Hall–Kier alpha value is -3.11. The van der Waals surface area contributed by atoms with Crippen molar-refractivity contribution in [2.75, 3.05) is 12.3 Å². The van der Waals surface area contributed by atoms with Gasteiger partial charge in [-0.3, -0.25) is 4.79 Å². The normalized spacial score (nSPS) is 10.8. The number of nitrogens with zero attached hydrogens (tertiary/aromatic N) is 4. The molecule has 10 heteroatoms. The molecule has 4 aromatic rings. The van der Waals surface area contributed by atoms with E-state index in [1.54, 1.807) is 48.6 Å². The Kier molecular flexibility index (Phi) is 6.45. The van der Waals surface area contributed by atoms with Crippen molar-refractivity contribution < 1.29 is 13.9 Å². The van der Waals surface area contributed by atoms with E-state index in [0.717, 1.165) is 21.6 Å². The van der Waals surface area contributed by atoms with E-state index >= 15 is 0 Å². The number of nitrogens with one attached hydrogen (secondary N) is 1. The molecule has 0 aliphatic rings. The zero-order chi connectivity index (χ0) is 20.8. The van der Waals surface area contributed by atoms with Crippen LogP contribution < -0.4 is 10.1 Å². The smallest absolute Gasteiger partial charge is 0.251 e. The monoisotopic (exact) mass is 441 g/mol. The summed E-state index contributed by atoms with van der Waals surface area (Å²) in [5.41, 5.74) is 1.38. The first-order chi connectivity index (χ1) is 14.7. The van der Waals surface area contributed by atoms with Gasteiger partial charge in [-0.2, -0.15) is 0 Å². The van der Waals surface area contributed by atoms with Gasteiger partial charge in [0.2, 0.25) is 0 Å². The van der Waals surface area contributed by atoms with Gasteiger partial charge in [0.25, 0.3) is 5.91 Å². The van der Waals surface area contributed by atoms with E-state index in [1.165, 1.54) is 11.3 Å². The molecule has 3 heterocycles. The first-order valence-electron chi connectivity index (χ1n) is 9.15. The number of carbonyl (C=O) groups is 1. The topological polar surface area (TPSA) is 95.1 Å². The van der Waals surface area contributed by atoms with Gasteiger partial charge < -0.3 is 19.0 Å². The molecule has 8 nitrogen and oxygen atoms in total. The summed E-state index contributed by atoms with van der Waals surface area (Å²) < 4.78 is 13.0. The molecule has 0 radical (unpaired) electrons. The van der Waals surface area contributed by atoms with E-state index in [-0.39, 0.29) is 5.91 Å². The maximum Gasteiger partial charge on any atom is 0.251 e. The number of ether oxygens (including phenoxy) is 1. The minimum absolute atomic E-state index is 0.122. The van der Waals surface area contributed by atoms with Crippen LogP contribution >= 0.6 is 23.1 Å². The lowest BCUT2D eigenvalue weighted by atomic mass is 10.2. The third kappa shape index (κ3) is 5.08. The van der Waals surface area contributed by atoms with Gasteiger partial charge in [0.15, 0.2) is 10.9 Å². The molecule has 0 aliphatic carbocycles. The molecule has 0 aliphatic heterocycles. The second kappa shape index (κ2) is 9.59. The second-order valence-electron chi connectivity index (χ2n) is 6.25. The number of thiazole rings is 1. The number of benzene rings is 1. The van der Waals surface area contributed by atoms with Gasteiger partial charge >= 0.3 is 0 Å². The van der Waals surface area contributed by atoms with Crippen LogP contribution in [0, 0.1) is 0 Å². The van der Waals surface area contributed by atoms with Crippen molar-refractivity contribution in [3.63, 3.8) is 0 Å². The fourth-order valence-corrected chi connectivity index (χ4v) is 4.01. The highest BCUT2D eigenvalue weighted by molar-refractivity contribution is 7.99. The fraction of sp³-hybridized carbons (Fsp3) is 0.200. The van der Waals surface area contributed by atoms with Gasteiger partial charge in [0, 0.05) is 30.3 Å². The minimum atomic E-state index is -0.122. The number of hydrogen-bond donors (Lipinski definition) is 1. The molecule has 4 rings (SSSR count). The molecular formula is C20H19N5O3S2. The molecule has 1 N–H and O–H groups in total. The standard InChI is InChI=1S/C20H19N5O3S2/c1-25-13-22-24-20(25)29-10-8-21-19(26)14-4-6-15(7-5-14)28-11-18-23-16(12-30-18)17-3-2-9-27-17/h2-7,9,12-13H,8,10-11H2,1H3,(H,21,26). The number of hydrogen-bond acceptors (Lipinski definition) is 8. The third-order valence-electron chi connectivity index (χ3n) is 4.09. The fourth-order valence-electron chi connectivity index (χ4n) is 2.57. The Morgan fingerprint density at radius 2 is 2.17 bits per heavy atom. The van der Waals surface area contributed by atoms with Crippen molar-refractivity contribution >= 4 is 29.0 Å². The number of amides is 1. The van der Waals surface area contributed by atoms with Gasteiger partial charge in [-0.15, -0.1) is 21.5 Å². The lowest BCUT2D eigenvalue weighted by molar-refractivity contribution is 0.0956. The van der Waals surface area contributed by atoms with Crippen LogP contribution in [0.1, 0.15) is 15.4 Å². The Morgan fingerprint density at radius 1 is 1.30 bits per heavy atom. The maximum atomic E-state index is 12.3. The van der Waals surface area contributed by atoms with E-state index in [4.69, 9.17) is 9.15 Å². The summed E-state index contributed by atoms with van der Waals surface area (Å²) in [6.07, 6.45) is 3.27. The van der Waals surface area contributed by atoms with Gasteiger partial charge in [-0.05, 0) is 36.4 Å². The Labute approximate surface area is 181 Å². The molecule has 0 atom stereocenters. The van der Waals surface area contributed by atoms with Crippen LogP contribution in [-0.4, -0.2) is 38.0 Å². The Bertz CT molecular complexity index is 1090. The summed E-state index contributed by atoms with van der Waals surface area (Å²) >= 11 is 3.06. The number of furan rings is 1. The highest BCUT2D eigenvalue weighted by Crippen LogP contribution is 2.23. The lowest BCUT2D eigenvalue weighted by Crippen LogP contribution is -2.25. The maximum absolute atomic E-state index is 12.3. The summed E-state index contributed by atoms with van der Waals surface area (Å²) in [5.74, 6) is 2.01. The molecule has 0 spiro atoms. The number of aromatic nitrogens is 4. The summed E-state index contributed by atoms with van der Waals surface area (Å²) in [7, 11) is 1.89. The Morgan fingerprint density at radius 3 is 2.90 bits per heavy atom. The minimum Gasteiger partial charge on any atom is -0.486 e. The van der Waals surface area contributed by atoms with Crippen molar-refractivity contribution in [3.05, 3.63) is 64.9 Å². The van der Waals surface area contributed by atoms with Crippen LogP contribution in [0.4, 0.5) is 0 Å². The first kappa shape index (κ1) is 20.2. The van der Waals surface area contributed by atoms with Crippen LogP contribution in [0.15, 0.2) is 63.9 Å². The molecule has 1 aromatic carbocycles. The van der Waals surface area contributed by atoms with Crippen molar-refractivity contribution in [2.45, 2.75) is 11.8 Å².